The van der Waals surface area contributed by atoms with E-state index in [0.29, 0.717) is 11.1 Å². The van der Waals surface area contributed by atoms with Crippen LogP contribution in [-0.4, -0.2) is 23.9 Å². The van der Waals surface area contributed by atoms with Crippen molar-refractivity contribution in [3.63, 3.8) is 0 Å². The lowest BCUT2D eigenvalue weighted by Gasteiger charge is -2.06. The number of fused-ring (bicyclic) bond motifs is 5. The number of benzene rings is 2. The normalized spacial score (nSPS) is 13.7. The largest absolute Gasteiger partial charge is 0.497 e. The Morgan fingerprint density at radius 1 is 1.13 bits per heavy atom. The molecule has 23 heavy (non-hydrogen) atoms. The summed E-state index contributed by atoms with van der Waals surface area (Å²) in [6, 6.07) is 7.56. The van der Waals surface area contributed by atoms with Crippen LogP contribution in [0.2, 0.25) is 0 Å². The molecule has 0 radical (unpaired) electrons. The molecule has 2 aromatic carbocycles. The van der Waals surface area contributed by atoms with Crippen LogP contribution < -0.4 is 10.1 Å². The van der Waals surface area contributed by atoms with Gasteiger partial charge in [-0.25, -0.2) is 0 Å². The third-order valence-electron chi connectivity index (χ3n) is 4.38. The van der Waals surface area contributed by atoms with E-state index in [1.54, 1.807) is 7.11 Å². The van der Waals surface area contributed by atoms with Crippen LogP contribution in [0.3, 0.4) is 0 Å². The number of aryl methyl sites for hydroxylation is 1. The Morgan fingerprint density at radius 3 is 2.70 bits per heavy atom. The van der Waals surface area contributed by atoms with Gasteiger partial charge in [0, 0.05) is 16.3 Å². The van der Waals surface area contributed by atoms with Crippen molar-refractivity contribution >= 4 is 33.6 Å². The van der Waals surface area contributed by atoms with Gasteiger partial charge in [-0.3, -0.25) is 14.9 Å². The van der Waals surface area contributed by atoms with Gasteiger partial charge in [0.2, 0.25) is 0 Å². The van der Waals surface area contributed by atoms with E-state index < -0.39 is 0 Å². The number of nitrogens with one attached hydrogen (secondary N) is 2. The molecule has 1 aromatic heterocycles. The number of imide groups is 1. The molecule has 2 N–H and O–H groups in total. The molecule has 0 spiro atoms. The maximum atomic E-state index is 12.3. The number of H-pyrrole nitrogens is 1. The number of rotatable bonds is 3. The molecule has 0 saturated carbocycles. The first-order valence-electron chi connectivity index (χ1n) is 7.65. The van der Waals surface area contributed by atoms with E-state index in [1.807, 2.05) is 24.3 Å². The van der Waals surface area contributed by atoms with Crippen LogP contribution in [0.1, 0.15) is 39.6 Å². The summed E-state index contributed by atoms with van der Waals surface area (Å²) in [5, 5.41) is 4.11. The van der Waals surface area contributed by atoms with Crippen molar-refractivity contribution in [3.05, 3.63) is 41.0 Å². The van der Waals surface area contributed by atoms with Crippen molar-refractivity contribution in [2.24, 2.45) is 0 Å². The van der Waals surface area contributed by atoms with Gasteiger partial charge in [-0.15, -0.1) is 0 Å². The summed E-state index contributed by atoms with van der Waals surface area (Å²) in [5.41, 5.74) is 3.85. The number of hydrogen-bond acceptors (Lipinski definition) is 3. The van der Waals surface area contributed by atoms with Gasteiger partial charge >= 0.3 is 0 Å². The number of hydrogen-bond donors (Lipinski definition) is 2. The van der Waals surface area contributed by atoms with Gasteiger partial charge in [-0.05, 0) is 36.2 Å². The molecule has 4 rings (SSSR count). The zero-order chi connectivity index (χ0) is 16.1. The number of ether oxygens (including phenoxy) is 1. The molecule has 0 unspecified atom stereocenters. The van der Waals surface area contributed by atoms with Crippen molar-refractivity contribution in [2.45, 2.75) is 19.8 Å². The zero-order valence-corrected chi connectivity index (χ0v) is 12.9. The summed E-state index contributed by atoms with van der Waals surface area (Å²) in [6.07, 6.45) is 1.80. The molecule has 5 nitrogen and oxygen atoms in total. The summed E-state index contributed by atoms with van der Waals surface area (Å²) >= 11 is 0. The van der Waals surface area contributed by atoms with Crippen LogP contribution in [0, 0.1) is 0 Å². The predicted molar refractivity (Wildman–Crippen MR) is 88.1 cm³/mol. The minimum absolute atomic E-state index is 0.318. The molecule has 116 valence electrons. The summed E-state index contributed by atoms with van der Waals surface area (Å²) in [5.74, 6) is 0.0704. The lowest BCUT2D eigenvalue weighted by Crippen LogP contribution is -2.19. The van der Waals surface area contributed by atoms with Gasteiger partial charge < -0.3 is 9.72 Å². The first kappa shape index (κ1) is 13.8. The Balaban J connectivity index is 2.19. The number of carbonyl (C=O) groups excluding carboxylic acids is 2. The van der Waals surface area contributed by atoms with E-state index in [-0.39, 0.29) is 11.8 Å². The number of aromatic amines is 1. The van der Waals surface area contributed by atoms with Gasteiger partial charge in [0.25, 0.3) is 11.8 Å². The van der Waals surface area contributed by atoms with Crippen molar-refractivity contribution in [1.29, 1.82) is 0 Å². The Kier molecular flexibility index (Phi) is 2.91. The van der Waals surface area contributed by atoms with Crippen LogP contribution >= 0.6 is 0 Å². The molecule has 2 amide bonds. The first-order chi connectivity index (χ1) is 11.1. The molecule has 0 atom stereocenters. The maximum Gasteiger partial charge on any atom is 0.259 e. The summed E-state index contributed by atoms with van der Waals surface area (Å²) in [7, 11) is 1.61. The molecule has 0 aliphatic carbocycles. The minimum atomic E-state index is -0.332. The third kappa shape index (κ3) is 1.86. The van der Waals surface area contributed by atoms with Gasteiger partial charge in [-0.2, -0.15) is 0 Å². The summed E-state index contributed by atoms with van der Waals surface area (Å²) in [6.45, 7) is 2.09. The Bertz CT molecular complexity index is 985. The molecule has 1 aliphatic rings. The van der Waals surface area contributed by atoms with Gasteiger partial charge in [0.15, 0.2) is 0 Å². The predicted octanol–water partition coefficient (Wildman–Crippen LogP) is 3.17. The minimum Gasteiger partial charge on any atom is -0.497 e. The molecular formula is C18H16N2O3. The second-order valence-electron chi connectivity index (χ2n) is 5.78. The smallest absolute Gasteiger partial charge is 0.259 e. The van der Waals surface area contributed by atoms with Crippen molar-refractivity contribution < 1.29 is 14.3 Å². The second-order valence-corrected chi connectivity index (χ2v) is 5.78. The summed E-state index contributed by atoms with van der Waals surface area (Å²) in [4.78, 5) is 27.8. The Morgan fingerprint density at radius 2 is 1.96 bits per heavy atom. The van der Waals surface area contributed by atoms with E-state index in [4.69, 9.17) is 4.74 Å². The molecule has 3 aromatic rings. The highest BCUT2D eigenvalue weighted by atomic mass is 16.5. The highest BCUT2D eigenvalue weighted by Crippen LogP contribution is 2.36. The second kappa shape index (κ2) is 4.84. The van der Waals surface area contributed by atoms with E-state index in [2.05, 4.69) is 17.2 Å². The fourth-order valence-corrected chi connectivity index (χ4v) is 3.37. The molecule has 0 fully saturated rings. The standard InChI is InChI=1S/C18H16N2O3/c1-3-4-9-7-12-15(18(22)20-17(12)21)14-11-8-10(23-2)5-6-13(11)19-16(9)14/h5-8,19H,3-4H2,1-2H3,(H,20,21,22). The van der Waals surface area contributed by atoms with Gasteiger partial charge in [0.1, 0.15) is 5.75 Å². The number of carbonyl (C=O) groups is 2. The highest BCUT2D eigenvalue weighted by Gasteiger charge is 2.31. The van der Waals surface area contributed by atoms with Crippen LogP contribution in [0.5, 0.6) is 5.75 Å². The molecule has 1 aliphatic heterocycles. The van der Waals surface area contributed by atoms with Crippen LogP contribution in [0.4, 0.5) is 0 Å². The molecular weight excluding hydrogens is 292 g/mol. The highest BCUT2D eigenvalue weighted by molar-refractivity contribution is 6.30. The van der Waals surface area contributed by atoms with E-state index in [9.17, 15) is 9.59 Å². The first-order valence-corrected chi connectivity index (χ1v) is 7.65. The van der Waals surface area contributed by atoms with E-state index in [1.165, 1.54) is 0 Å². The fraction of sp³-hybridized carbons (Fsp3) is 0.222. The number of aromatic nitrogens is 1. The average molecular weight is 308 g/mol. The SMILES string of the molecule is CCCc1cc2c(c3c1[nH]c1ccc(OC)cc13)C(=O)NC2=O. The fourth-order valence-electron chi connectivity index (χ4n) is 3.37. The average Bonchev–Trinajstić information content (AvgIpc) is 3.05. The van der Waals surface area contributed by atoms with Crippen molar-refractivity contribution in [1.82, 2.24) is 10.3 Å². The van der Waals surface area contributed by atoms with E-state index >= 15 is 0 Å². The Labute approximate surface area is 132 Å². The lowest BCUT2D eigenvalue weighted by molar-refractivity contribution is 0.0880. The quantitative estimate of drug-likeness (QED) is 0.730. The monoisotopic (exact) mass is 308 g/mol. The third-order valence-corrected chi connectivity index (χ3v) is 4.38. The summed E-state index contributed by atoms with van der Waals surface area (Å²) < 4.78 is 5.30. The van der Waals surface area contributed by atoms with Crippen LogP contribution in [-0.2, 0) is 6.42 Å². The molecule has 0 saturated heterocycles. The van der Waals surface area contributed by atoms with Crippen molar-refractivity contribution in [2.75, 3.05) is 7.11 Å². The topological polar surface area (TPSA) is 71.2 Å². The van der Waals surface area contributed by atoms with Gasteiger partial charge in [0.05, 0.1) is 23.8 Å². The number of methoxy groups -OCH3 is 1. The number of amides is 2. The maximum absolute atomic E-state index is 12.3. The van der Waals surface area contributed by atoms with E-state index in [0.717, 1.165) is 46.0 Å². The Hall–Kier alpha value is -2.82. The zero-order valence-electron chi connectivity index (χ0n) is 12.9. The molecule has 0 bridgehead atoms. The van der Waals surface area contributed by atoms with Crippen LogP contribution in [0.25, 0.3) is 21.8 Å². The van der Waals surface area contributed by atoms with Crippen LogP contribution in [0.15, 0.2) is 24.3 Å². The van der Waals surface area contributed by atoms with Crippen molar-refractivity contribution in [3.8, 4) is 5.75 Å². The lowest BCUT2D eigenvalue weighted by atomic mass is 9.96. The molecule has 5 heteroatoms. The molecule has 2 heterocycles. The van der Waals surface area contributed by atoms with Gasteiger partial charge in [-0.1, -0.05) is 13.3 Å².